The van der Waals surface area contributed by atoms with Crippen LogP contribution in [0.4, 0.5) is 5.69 Å². The Morgan fingerprint density at radius 2 is 2.00 bits per heavy atom. The van der Waals surface area contributed by atoms with Crippen LogP contribution in [0.3, 0.4) is 0 Å². The highest BCUT2D eigenvalue weighted by molar-refractivity contribution is 7.80. The van der Waals surface area contributed by atoms with E-state index in [9.17, 15) is 4.79 Å². The number of carbonyl (C=O) groups excluding carboxylic acids is 1. The number of ether oxygens (including phenoxy) is 1. The number of esters is 1. The maximum atomic E-state index is 10.9. The van der Waals surface area contributed by atoms with Gasteiger partial charge in [0.05, 0.1) is 7.11 Å². The lowest BCUT2D eigenvalue weighted by Gasteiger charge is -2.10. The predicted octanol–water partition coefficient (Wildman–Crippen LogP) is 2.88. The van der Waals surface area contributed by atoms with Crippen LogP contribution in [-0.2, 0) is 16.0 Å². The van der Waals surface area contributed by atoms with Gasteiger partial charge >= 0.3 is 5.97 Å². The van der Waals surface area contributed by atoms with Gasteiger partial charge in [-0.15, -0.1) is 0 Å². The van der Waals surface area contributed by atoms with Crippen molar-refractivity contribution in [3.05, 3.63) is 29.8 Å². The van der Waals surface area contributed by atoms with Gasteiger partial charge in [0.25, 0.3) is 0 Å². The van der Waals surface area contributed by atoms with Crippen LogP contribution in [0.5, 0.6) is 0 Å². The Kier molecular flexibility index (Phi) is 7.65. The summed E-state index contributed by atoms with van der Waals surface area (Å²) in [6.07, 6.45) is 3.34. The molecular weight excluding hydrogens is 272 g/mol. The highest BCUT2D eigenvalue weighted by Gasteiger charge is 2.01. The molecule has 20 heavy (non-hydrogen) atoms. The van der Waals surface area contributed by atoms with Crippen LogP contribution >= 0.6 is 12.2 Å². The van der Waals surface area contributed by atoms with Crippen molar-refractivity contribution in [3.63, 3.8) is 0 Å². The molecule has 0 bridgehead atoms. The van der Waals surface area contributed by atoms with E-state index in [1.54, 1.807) is 0 Å². The summed E-state index contributed by atoms with van der Waals surface area (Å²) in [7, 11) is 1.39. The number of benzene rings is 1. The molecule has 0 saturated carbocycles. The van der Waals surface area contributed by atoms with Crippen LogP contribution in [0.25, 0.3) is 0 Å². The first kappa shape index (κ1) is 16.4. The van der Waals surface area contributed by atoms with Crippen LogP contribution in [0.15, 0.2) is 24.3 Å². The Hall–Kier alpha value is -1.62. The smallest absolute Gasteiger partial charge is 0.305 e. The summed E-state index contributed by atoms with van der Waals surface area (Å²) >= 11 is 5.19. The van der Waals surface area contributed by atoms with Crippen molar-refractivity contribution in [1.82, 2.24) is 5.32 Å². The van der Waals surface area contributed by atoms with Gasteiger partial charge in [-0.2, -0.15) is 0 Å². The van der Waals surface area contributed by atoms with Crippen molar-refractivity contribution in [1.29, 1.82) is 0 Å². The molecule has 1 rings (SSSR count). The zero-order valence-electron chi connectivity index (χ0n) is 12.1. The number of nitrogens with one attached hydrogen (secondary N) is 2. The monoisotopic (exact) mass is 294 g/mol. The second-order valence-electron chi connectivity index (χ2n) is 4.51. The van der Waals surface area contributed by atoms with E-state index in [1.807, 2.05) is 12.1 Å². The quantitative estimate of drug-likeness (QED) is 0.460. The summed E-state index contributed by atoms with van der Waals surface area (Å²) in [4.78, 5) is 10.9. The van der Waals surface area contributed by atoms with Gasteiger partial charge < -0.3 is 15.4 Å². The highest BCUT2D eigenvalue weighted by atomic mass is 32.1. The summed E-state index contributed by atoms with van der Waals surface area (Å²) in [5, 5.41) is 6.75. The van der Waals surface area contributed by atoms with Crippen LogP contribution in [0.1, 0.15) is 31.7 Å². The van der Waals surface area contributed by atoms with Gasteiger partial charge in [-0.3, -0.25) is 4.79 Å². The van der Waals surface area contributed by atoms with Crippen molar-refractivity contribution >= 4 is 29.0 Å². The Labute approximate surface area is 125 Å². The van der Waals surface area contributed by atoms with Crippen LogP contribution in [0.2, 0.25) is 0 Å². The number of rotatable bonds is 7. The Balaban J connectivity index is 2.26. The number of aryl methyl sites for hydroxylation is 1. The number of methoxy groups -OCH3 is 1. The fourth-order valence-corrected chi connectivity index (χ4v) is 1.98. The second kappa shape index (κ2) is 9.31. The van der Waals surface area contributed by atoms with E-state index in [0.29, 0.717) is 24.5 Å². The fraction of sp³-hybridized carbons (Fsp3) is 0.467. The van der Waals surface area contributed by atoms with Gasteiger partial charge in [0.15, 0.2) is 5.11 Å². The Bertz CT molecular complexity index is 432. The zero-order chi connectivity index (χ0) is 14.8. The number of carbonyl (C=O) groups is 1. The third kappa shape index (κ3) is 6.52. The molecular formula is C15H22N2O2S. The minimum atomic E-state index is -0.197. The molecule has 0 aromatic heterocycles. The van der Waals surface area contributed by atoms with E-state index in [-0.39, 0.29) is 5.97 Å². The largest absolute Gasteiger partial charge is 0.469 e. The number of hydrogen-bond acceptors (Lipinski definition) is 3. The normalized spacial score (nSPS) is 9.90. The molecule has 4 nitrogen and oxygen atoms in total. The molecule has 0 atom stereocenters. The van der Waals surface area contributed by atoms with E-state index in [1.165, 1.54) is 12.7 Å². The van der Waals surface area contributed by atoms with Crippen LogP contribution in [-0.4, -0.2) is 24.7 Å². The van der Waals surface area contributed by atoms with Gasteiger partial charge in [-0.05, 0) is 42.8 Å². The summed E-state index contributed by atoms with van der Waals surface area (Å²) in [5.41, 5.74) is 2.30. The SMILES string of the molecule is CCCc1ccc(NC(=S)NCCCC(=O)OC)cc1. The molecule has 0 amide bonds. The lowest BCUT2D eigenvalue weighted by atomic mass is 10.1. The van der Waals surface area contributed by atoms with Gasteiger partial charge in [0.2, 0.25) is 0 Å². The maximum absolute atomic E-state index is 10.9. The molecule has 110 valence electrons. The number of thiocarbonyl (C=S) groups is 1. The molecule has 5 heteroatoms. The molecule has 0 aliphatic heterocycles. The first-order valence-corrected chi connectivity index (χ1v) is 7.27. The van der Waals surface area contributed by atoms with E-state index in [2.05, 4.69) is 34.4 Å². The minimum absolute atomic E-state index is 0.197. The average molecular weight is 294 g/mol. The molecule has 0 aliphatic carbocycles. The topological polar surface area (TPSA) is 50.4 Å². The lowest BCUT2D eigenvalue weighted by Crippen LogP contribution is -2.29. The van der Waals surface area contributed by atoms with Crippen molar-refractivity contribution in [2.75, 3.05) is 19.0 Å². The third-order valence-corrected chi connectivity index (χ3v) is 3.07. The molecule has 0 heterocycles. The molecule has 0 aliphatic rings. The fourth-order valence-electron chi connectivity index (χ4n) is 1.76. The molecule has 2 N–H and O–H groups in total. The van der Waals surface area contributed by atoms with Crippen molar-refractivity contribution in [2.45, 2.75) is 32.6 Å². The molecule has 0 unspecified atom stereocenters. The van der Waals surface area contributed by atoms with Gasteiger partial charge in [0, 0.05) is 18.7 Å². The predicted molar refractivity (Wildman–Crippen MR) is 85.9 cm³/mol. The molecule has 0 fully saturated rings. The molecule has 0 spiro atoms. The van der Waals surface area contributed by atoms with E-state index in [4.69, 9.17) is 12.2 Å². The van der Waals surface area contributed by atoms with Crippen molar-refractivity contribution in [3.8, 4) is 0 Å². The summed E-state index contributed by atoms with van der Waals surface area (Å²) in [6, 6.07) is 8.25. The standard InChI is InChI=1S/C15H22N2O2S/c1-3-5-12-7-9-13(10-8-12)17-15(20)16-11-4-6-14(18)19-2/h7-10H,3-6,11H2,1-2H3,(H2,16,17,20). The van der Waals surface area contributed by atoms with Crippen molar-refractivity contribution < 1.29 is 9.53 Å². The van der Waals surface area contributed by atoms with Gasteiger partial charge in [0.1, 0.15) is 0 Å². The molecule has 0 saturated heterocycles. The van der Waals surface area contributed by atoms with Gasteiger partial charge in [-0.25, -0.2) is 0 Å². The highest BCUT2D eigenvalue weighted by Crippen LogP contribution is 2.10. The zero-order valence-corrected chi connectivity index (χ0v) is 12.9. The summed E-state index contributed by atoms with van der Waals surface area (Å²) < 4.78 is 4.57. The third-order valence-electron chi connectivity index (χ3n) is 2.82. The number of hydrogen-bond donors (Lipinski definition) is 2. The lowest BCUT2D eigenvalue weighted by molar-refractivity contribution is -0.140. The molecule has 1 aromatic rings. The minimum Gasteiger partial charge on any atom is -0.469 e. The van der Waals surface area contributed by atoms with Crippen molar-refractivity contribution in [2.24, 2.45) is 0 Å². The number of anilines is 1. The van der Waals surface area contributed by atoms with Crippen LogP contribution < -0.4 is 10.6 Å². The van der Waals surface area contributed by atoms with Crippen LogP contribution in [0, 0.1) is 0 Å². The average Bonchev–Trinajstić information content (AvgIpc) is 2.45. The summed E-state index contributed by atoms with van der Waals surface area (Å²) in [5.74, 6) is -0.197. The summed E-state index contributed by atoms with van der Waals surface area (Å²) in [6.45, 7) is 2.81. The van der Waals surface area contributed by atoms with E-state index >= 15 is 0 Å². The molecule has 1 aromatic carbocycles. The maximum Gasteiger partial charge on any atom is 0.305 e. The van der Waals surface area contributed by atoms with Gasteiger partial charge in [-0.1, -0.05) is 25.5 Å². The second-order valence-corrected chi connectivity index (χ2v) is 4.92. The molecule has 0 radical (unpaired) electrons. The van der Waals surface area contributed by atoms with E-state index < -0.39 is 0 Å². The Morgan fingerprint density at radius 1 is 1.30 bits per heavy atom. The Morgan fingerprint density at radius 3 is 2.60 bits per heavy atom. The first-order chi connectivity index (χ1) is 9.65. The first-order valence-electron chi connectivity index (χ1n) is 6.86. The van der Waals surface area contributed by atoms with E-state index in [0.717, 1.165) is 18.5 Å².